The number of aromatic amines is 2. The van der Waals surface area contributed by atoms with Crippen molar-refractivity contribution in [2.45, 2.75) is 63.6 Å². The molecule has 0 saturated carbocycles. The number of amides is 1. The van der Waals surface area contributed by atoms with E-state index in [4.69, 9.17) is 4.74 Å². The summed E-state index contributed by atoms with van der Waals surface area (Å²) in [6, 6.07) is 15.7. The molecule has 8 nitrogen and oxygen atoms in total. The minimum absolute atomic E-state index is 0.0120. The minimum atomic E-state index is -1.13. The van der Waals surface area contributed by atoms with Crippen molar-refractivity contribution in [3.63, 3.8) is 0 Å². The van der Waals surface area contributed by atoms with Gasteiger partial charge in [-0.15, -0.1) is 0 Å². The molecule has 4 atom stereocenters. The third-order valence-corrected chi connectivity index (χ3v) is 7.52. The summed E-state index contributed by atoms with van der Waals surface area (Å²) < 4.78 is 33.4. The Kier molecular flexibility index (Phi) is 7.11. The van der Waals surface area contributed by atoms with E-state index in [2.05, 4.69) is 37.4 Å². The zero-order chi connectivity index (χ0) is 28.7. The number of alkyl halides is 2. The molecule has 0 unspecified atom stereocenters. The normalized spacial score (nSPS) is 22.8. The molecule has 2 aromatic heterocycles. The SMILES string of the molecule is CC(C)(C)OC(=O)N1C[C@@H](F)C[C@H]1c1ncc(-c2ccc(-c3ccc(-c4cnc([C@@H]5C[C@H](F)CN5)[nH]4)cc3)cc2)[nH]1. The number of ether oxygens (including phenoxy) is 1. The fourth-order valence-electron chi connectivity index (χ4n) is 5.46. The second-order valence-electron chi connectivity index (χ2n) is 11.8. The third kappa shape index (κ3) is 5.88. The molecule has 10 heteroatoms. The van der Waals surface area contributed by atoms with Gasteiger partial charge in [-0.3, -0.25) is 4.90 Å². The van der Waals surface area contributed by atoms with Gasteiger partial charge in [-0.2, -0.15) is 0 Å². The Hall–Kier alpha value is -4.05. The van der Waals surface area contributed by atoms with E-state index in [1.807, 2.05) is 36.4 Å². The Balaban J connectivity index is 1.13. The third-order valence-electron chi connectivity index (χ3n) is 7.52. The van der Waals surface area contributed by atoms with Crippen LogP contribution in [-0.4, -0.2) is 62.0 Å². The predicted octanol–water partition coefficient (Wildman–Crippen LogP) is 6.53. The van der Waals surface area contributed by atoms with Crippen molar-refractivity contribution in [1.82, 2.24) is 30.2 Å². The number of rotatable bonds is 5. The average Bonchev–Trinajstić information content (AvgIpc) is 3.74. The molecule has 214 valence electrons. The Morgan fingerprint density at radius 3 is 1.90 bits per heavy atom. The molecule has 4 heterocycles. The quantitative estimate of drug-likeness (QED) is 0.258. The number of imidazole rings is 2. The van der Waals surface area contributed by atoms with Crippen LogP contribution in [-0.2, 0) is 4.74 Å². The van der Waals surface area contributed by atoms with Crippen LogP contribution < -0.4 is 5.32 Å². The highest BCUT2D eigenvalue weighted by Crippen LogP contribution is 2.35. The molecule has 41 heavy (non-hydrogen) atoms. The molecule has 2 aromatic carbocycles. The molecule has 2 fully saturated rings. The standard InChI is InChI=1S/C31H34F2N6O2/c1-31(2,3)41-30(40)39-17-23(33)13-27(39)29-36-16-26(38-29)21-10-6-19(7-11-21)18-4-8-20(9-5-18)25-15-35-28(37-25)24-12-22(32)14-34-24/h4-11,15-16,22-24,27,34H,12-14,17H2,1-3H3,(H,35,37)(H,36,38)/t22-,23-,24-,27-/m0/s1. The zero-order valence-corrected chi connectivity index (χ0v) is 23.3. The molecule has 2 aliphatic heterocycles. The van der Waals surface area contributed by atoms with Crippen molar-refractivity contribution in [1.29, 1.82) is 0 Å². The summed E-state index contributed by atoms with van der Waals surface area (Å²) in [5.74, 6) is 1.30. The number of halogens is 2. The lowest BCUT2D eigenvalue weighted by molar-refractivity contribution is 0.0211. The van der Waals surface area contributed by atoms with Crippen molar-refractivity contribution in [2.24, 2.45) is 0 Å². The summed E-state index contributed by atoms with van der Waals surface area (Å²) in [6.07, 6.45) is 1.62. The molecular weight excluding hydrogens is 526 g/mol. The van der Waals surface area contributed by atoms with Gasteiger partial charge < -0.3 is 20.0 Å². The maximum Gasteiger partial charge on any atom is 0.411 e. The van der Waals surface area contributed by atoms with E-state index >= 15 is 0 Å². The Morgan fingerprint density at radius 2 is 1.37 bits per heavy atom. The van der Waals surface area contributed by atoms with E-state index in [1.54, 1.807) is 33.2 Å². The van der Waals surface area contributed by atoms with E-state index in [9.17, 15) is 13.6 Å². The van der Waals surface area contributed by atoms with Crippen molar-refractivity contribution >= 4 is 6.09 Å². The maximum absolute atomic E-state index is 14.3. The molecule has 0 aliphatic carbocycles. The Labute approximate surface area is 237 Å². The lowest BCUT2D eigenvalue weighted by Crippen LogP contribution is -2.37. The summed E-state index contributed by atoms with van der Waals surface area (Å²) in [5, 5.41) is 3.15. The van der Waals surface area contributed by atoms with E-state index in [0.29, 0.717) is 18.8 Å². The lowest BCUT2D eigenvalue weighted by atomic mass is 10.0. The van der Waals surface area contributed by atoms with Crippen LogP contribution in [0.25, 0.3) is 33.6 Å². The first-order valence-corrected chi connectivity index (χ1v) is 13.9. The van der Waals surface area contributed by atoms with Gasteiger partial charge in [0.25, 0.3) is 0 Å². The number of nitrogens with one attached hydrogen (secondary N) is 3. The number of hydrogen-bond acceptors (Lipinski definition) is 5. The molecule has 4 aromatic rings. The van der Waals surface area contributed by atoms with E-state index < -0.39 is 30.1 Å². The van der Waals surface area contributed by atoms with Crippen LogP contribution >= 0.6 is 0 Å². The number of likely N-dealkylation sites (tertiary alicyclic amines) is 1. The number of nitrogens with zero attached hydrogens (tertiary/aromatic N) is 3. The molecule has 2 aliphatic rings. The second kappa shape index (κ2) is 10.7. The zero-order valence-electron chi connectivity index (χ0n) is 23.3. The van der Waals surface area contributed by atoms with Gasteiger partial charge in [-0.1, -0.05) is 48.5 Å². The van der Waals surface area contributed by atoms with E-state index in [-0.39, 0.29) is 19.0 Å². The second-order valence-corrected chi connectivity index (χ2v) is 11.8. The Bertz CT molecular complexity index is 1510. The highest BCUT2D eigenvalue weighted by Gasteiger charge is 2.40. The minimum Gasteiger partial charge on any atom is -0.444 e. The lowest BCUT2D eigenvalue weighted by Gasteiger charge is -2.27. The summed E-state index contributed by atoms with van der Waals surface area (Å²) in [6.45, 7) is 5.72. The number of benzene rings is 2. The number of H-pyrrole nitrogens is 2. The first-order chi connectivity index (χ1) is 19.6. The molecular formula is C31H34F2N6O2. The predicted molar refractivity (Wildman–Crippen MR) is 152 cm³/mol. The molecule has 0 spiro atoms. The highest BCUT2D eigenvalue weighted by molar-refractivity contribution is 5.72. The number of aromatic nitrogens is 4. The highest BCUT2D eigenvalue weighted by atomic mass is 19.1. The van der Waals surface area contributed by atoms with Gasteiger partial charge in [0.1, 0.15) is 29.6 Å². The van der Waals surface area contributed by atoms with Crippen molar-refractivity contribution in [2.75, 3.05) is 13.1 Å². The topological polar surface area (TPSA) is 98.9 Å². The number of hydrogen-bond donors (Lipinski definition) is 3. The molecule has 6 rings (SSSR count). The van der Waals surface area contributed by atoms with Crippen molar-refractivity contribution in [3.8, 4) is 33.6 Å². The van der Waals surface area contributed by atoms with Crippen LogP contribution in [0, 0.1) is 0 Å². The van der Waals surface area contributed by atoms with Gasteiger partial charge >= 0.3 is 6.09 Å². The van der Waals surface area contributed by atoms with Gasteiger partial charge in [-0.05, 0) is 43.0 Å². The molecule has 0 radical (unpaired) electrons. The van der Waals surface area contributed by atoms with Crippen LogP contribution in [0.4, 0.5) is 13.6 Å². The molecule has 2 saturated heterocycles. The van der Waals surface area contributed by atoms with E-state index in [0.717, 1.165) is 39.5 Å². The fourth-order valence-corrected chi connectivity index (χ4v) is 5.46. The molecule has 3 N–H and O–H groups in total. The average molecular weight is 561 g/mol. The maximum atomic E-state index is 14.3. The number of carbonyl (C=O) groups is 1. The van der Waals surface area contributed by atoms with Gasteiger partial charge in [0.05, 0.1) is 42.4 Å². The largest absolute Gasteiger partial charge is 0.444 e. The van der Waals surface area contributed by atoms with Crippen LogP contribution in [0.15, 0.2) is 60.9 Å². The summed E-state index contributed by atoms with van der Waals surface area (Å²) in [7, 11) is 0. The van der Waals surface area contributed by atoms with Gasteiger partial charge in [0, 0.05) is 19.4 Å². The molecule has 0 bridgehead atoms. The van der Waals surface area contributed by atoms with Gasteiger partial charge in [0.2, 0.25) is 0 Å². The van der Waals surface area contributed by atoms with Crippen LogP contribution in [0.1, 0.15) is 57.3 Å². The van der Waals surface area contributed by atoms with Crippen molar-refractivity contribution < 1.29 is 18.3 Å². The first kappa shape index (κ1) is 27.1. The fraction of sp³-hybridized carbons (Fsp3) is 0.387. The summed E-state index contributed by atoms with van der Waals surface area (Å²) in [5.41, 5.74) is 5.09. The van der Waals surface area contributed by atoms with E-state index in [1.165, 1.54) is 4.90 Å². The monoisotopic (exact) mass is 560 g/mol. The summed E-state index contributed by atoms with van der Waals surface area (Å²) in [4.78, 5) is 29.6. The Morgan fingerprint density at radius 1 is 0.829 bits per heavy atom. The van der Waals surface area contributed by atoms with Gasteiger partial charge in [0.15, 0.2) is 0 Å². The van der Waals surface area contributed by atoms with Crippen LogP contribution in [0.3, 0.4) is 0 Å². The smallest absolute Gasteiger partial charge is 0.411 e. The number of carbonyl (C=O) groups excluding carboxylic acids is 1. The summed E-state index contributed by atoms with van der Waals surface area (Å²) >= 11 is 0. The van der Waals surface area contributed by atoms with Crippen molar-refractivity contribution in [3.05, 3.63) is 72.6 Å². The van der Waals surface area contributed by atoms with Gasteiger partial charge in [-0.25, -0.2) is 23.5 Å². The van der Waals surface area contributed by atoms with Crippen LogP contribution in [0.5, 0.6) is 0 Å². The molecule has 1 amide bonds. The first-order valence-electron chi connectivity index (χ1n) is 13.9. The van der Waals surface area contributed by atoms with Crippen LogP contribution in [0.2, 0.25) is 0 Å².